The van der Waals surface area contributed by atoms with E-state index in [2.05, 4.69) is 0 Å². The standard InChI is InChI=1S/C18H15FO4/c19-14-8-6-13(7-9-14)11-16(18(22)23)15(17(20)21)10-12-4-2-1-3-5-12/h1-9,11,15H,10H2,(H,20,21)(H,22,23)/b16-11+. The first-order valence-corrected chi connectivity index (χ1v) is 6.94. The third-order valence-electron chi connectivity index (χ3n) is 3.40. The van der Waals surface area contributed by atoms with Crippen LogP contribution >= 0.6 is 0 Å². The van der Waals surface area contributed by atoms with Crippen molar-refractivity contribution in [2.24, 2.45) is 5.92 Å². The van der Waals surface area contributed by atoms with Crippen molar-refractivity contribution in [3.05, 3.63) is 77.1 Å². The van der Waals surface area contributed by atoms with Gasteiger partial charge in [-0.25, -0.2) is 9.18 Å². The lowest BCUT2D eigenvalue weighted by molar-refractivity contribution is -0.143. The predicted molar refractivity (Wildman–Crippen MR) is 83.3 cm³/mol. The van der Waals surface area contributed by atoms with Crippen molar-refractivity contribution in [3.8, 4) is 0 Å². The van der Waals surface area contributed by atoms with Gasteiger partial charge in [-0.1, -0.05) is 42.5 Å². The monoisotopic (exact) mass is 314 g/mol. The molecule has 118 valence electrons. The lowest BCUT2D eigenvalue weighted by atomic mass is 9.90. The van der Waals surface area contributed by atoms with Crippen LogP contribution in [0.15, 0.2) is 60.2 Å². The number of rotatable bonds is 6. The summed E-state index contributed by atoms with van der Waals surface area (Å²) in [6.07, 6.45) is 1.33. The highest BCUT2D eigenvalue weighted by Gasteiger charge is 2.27. The molecule has 2 aromatic rings. The highest BCUT2D eigenvalue weighted by Crippen LogP contribution is 2.21. The molecule has 2 rings (SSSR count). The average Bonchev–Trinajstić information content (AvgIpc) is 2.53. The smallest absolute Gasteiger partial charge is 0.332 e. The van der Waals surface area contributed by atoms with Crippen LogP contribution in [0.25, 0.3) is 6.08 Å². The third kappa shape index (κ3) is 4.51. The molecule has 0 aliphatic heterocycles. The van der Waals surface area contributed by atoms with E-state index >= 15 is 0 Å². The fourth-order valence-electron chi connectivity index (χ4n) is 2.23. The molecule has 0 bridgehead atoms. The van der Waals surface area contributed by atoms with Crippen LogP contribution in [0, 0.1) is 11.7 Å². The third-order valence-corrected chi connectivity index (χ3v) is 3.40. The van der Waals surface area contributed by atoms with Crippen LogP contribution in [0.5, 0.6) is 0 Å². The van der Waals surface area contributed by atoms with Gasteiger partial charge in [0, 0.05) is 0 Å². The van der Waals surface area contributed by atoms with E-state index in [0.717, 1.165) is 5.56 Å². The normalized spacial score (nSPS) is 12.7. The van der Waals surface area contributed by atoms with Crippen LogP contribution in [-0.4, -0.2) is 22.2 Å². The molecule has 0 radical (unpaired) electrons. The van der Waals surface area contributed by atoms with E-state index in [-0.39, 0.29) is 12.0 Å². The Kier molecular flexibility index (Phi) is 5.25. The maximum Gasteiger partial charge on any atom is 0.332 e. The van der Waals surface area contributed by atoms with Crippen LogP contribution in [0.4, 0.5) is 4.39 Å². The van der Waals surface area contributed by atoms with Crippen molar-refractivity contribution in [2.45, 2.75) is 6.42 Å². The van der Waals surface area contributed by atoms with Gasteiger partial charge < -0.3 is 10.2 Å². The molecule has 2 N–H and O–H groups in total. The molecular weight excluding hydrogens is 299 g/mol. The zero-order valence-electron chi connectivity index (χ0n) is 12.1. The fraction of sp³-hybridized carbons (Fsp3) is 0.111. The Morgan fingerprint density at radius 2 is 1.61 bits per heavy atom. The molecule has 0 aromatic heterocycles. The van der Waals surface area contributed by atoms with Crippen LogP contribution in [-0.2, 0) is 16.0 Å². The van der Waals surface area contributed by atoms with Crippen molar-refractivity contribution in [1.82, 2.24) is 0 Å². The molecule has 4 nitrogen and oxygen atoms in total. The number of benzene rings is 2. The highest BCUT2D eigenvalue weighted by molar-refractivity contribution is 5.98. The summed E-state index contributed by atoms with van der Waals surface area (Å²) in [6, 6.07) is 14.0. The zero-order valence-corrected chi connectivity index (χ0v) is 12.1. The summed E-state index contributed by atoms with van der Waals surface area (Å²) >= 11 is 0. The maximum absolute atomic E-state index is 12.9. The second-order valence-corrected chi connectivity index (χ2v) is 5.04. The summed E-state index contributed by atoms with van der Waals surface area (Å²) in [6.45, 7) is 0. The van der Waals surface area contributed by atoms with Gasteiger partial charge in [0.2, 0.25) is 0 Å². The minimum absolute atomic E-state index is 0.0650. The molecule has 0 aliphatic carbocycles. The van der Waals surface area contributed by atoms with Crippen LogP contribution in [0.1, 0.15) is 11.1 Å². The number of hydrogen-bond donors (Lipinski definition) is 2. The van der Waals surface area contributed by atoms with E-state index < -0.39 is 23.7 Å². The number of hydrogen-bond acceptors (Lipinski definition) is 2. The second-order valence-electron chi connectivity index (χ2n) is 5.04. The van der Waals surface area contributed by atoms with Gasteiger partial charge in [-0.2, -0.15) is 0 Å². The Balaban J connectivity index is 2.37. The van der Waals surface area contributed by atoms with E-state index in [1.165, 1.54) is 30.3 Å². The van der Waals surface area contributed by atoms with Gasteiger partial charge in [0.25, 0.3) is 0 Å². The average molecular weight is 314 g/mol. The van der Waals surface area contributed by atoms with Crippen molar-refractivity contribution < 1.29 is 24.2 Å². The minimum atomic E-state index is -1.31. The Labute approximate surface area is 132 Å². The summed E-state index contributed by atoms with van der Waals surface area (Å²) in [5.74, 6) is -4.17. The van der Waals surface area contributed by atoms with Gasteiger partial charge in [0.05, 0.1) is 11.5 Å². The number of carbonyl (C=O) groups is 2. The quantitative estimate of drug-likeness (QED) is 0.803. The van der Waals surface area contributed by atoms with Crippen molar-refractivity contribution in [3.63, 3.8) is 0 Å². The topological polar surface area (TPSA) is 74.6 Å². The van der Waals surface area contributed by atoms with Gasteiger partial charge in [-0.3, -0.25) is 4.79 Å². The minimum Gasteiger partial charge on any atom is -0.481 e. The van der Waals surface area contributed by atoms with E-state index in [4.69, 9.17) is 0 Å². The molecule has 0 fully saturated rings. The fourth-order valence-corrected chi connectivity index (χ4v) is 2.23. The molecule has 0 saturated carbocycles. The summed E-state index contributed by atoms with van der Waals surface area (Å²) in [7, 11) is 0. The summed E-state index contributed by atoms with van der Waals surface area (Å²) in [5, 5.41) is 18.8. The second kappa shape index (κ2) is 7.35. The van der Waals surface area contributed by atoms with E-state index in [1.807, 2.05) is 0 Å². The van der Waals surface area contributed by atoms with Crippen molar-refractivity contribution in [1.29, 1.82) is 0 Å². The van der Waals surface area contributed by atoms with Gasteiger partial charge >= 0.3 is 11.9 Å². The Morgan fingerprint density at radius 1 is 1.00 bits per heavy atom. The first-order valence-electron chi connectivity index (χ1n) is 6.94. The predicted octanol–water partition coefficient (Wildman–Crippen LogP) is 3.24. The zero-order chi connectivity index (χ0) is 16.8. The number of aliphatic carboxylic acids is 2. The molecule has 5 heteroatoms. The number of carboxylic acids is 2. The maximum atomic E-state index is 12.9. The number of carboxylic acid groups (broad SMARTS) is 2. The summed E-state index contributed by atoms with van der Waals surface area (Å²) in [5.41, 5.74) is 0.919. The molecular formula is C18H15FO4. The van der Waals surface area contributed by atoms with Crippen molar-refractivity contribution >= 4 is 18.0 Å². The van der Waals surface area contributed by atoms with Gasteiger partial charge in [0.1, 0.15) is 5.82 Å². The van der Waals surface area contributed by atoms with Crippen molar-refractivity contribution in [2.75, 3.05) is 0 Å². The lowest BCUT2D eigenvalue weighted by Gasteiger charge is -2.14. The lowest BCUT2D eigenvalue weighted by Crippen LogP contribution is -2.23. The first kappa shape index (κ1) is 16.4. The van der Waals surface area contributed by atoms with E-state index in [0.29, 0.717) is 5.56 Å². The van der Waals surface area contributed by atoms with Gasteiger partial charge in [-0.15, -0.1) is 0 Å². The van der Waals surface area contributed by atoms with E-state index in [1.54, 1.807) is 30.3 Å². The molecule has 0 spiro atoms. The Bertz CT molecular complexity index is 720. The molecule has 1 atom stereocenters. The highest BCUT2D eigenvalue weighted by atomic mass is 19.1. The molecule has 0 aliphatic rings. The summed E-state index contributed by atoms with van der Waals surface area (Å²) < 4.78 is 12.9. The number of halogens is 1. The molecule has 0 heterocycles. The molecule has 0 amide bonds. The Hall–Kier alpha value is -2.95. The largest absolute Gasteiger partial charge is 0.481 e. The van der Waals surface area contributed by atoms with Gasteiger partial charge in [0.15, 0.2) is 0 Å². The molecule has 2 aromatic carbocycles. The first-order chi connectivity index (χ1) is 11.0. The SMILES string of the molecule is O=C(O)/C(=C/c1ccc(F)cc1)C(Cc1ccccc1)C(=O)O. The Morgan fingerprint density at radius 3 is 2.13 bits per heavy atom. The molecule has 1 unspecified atom stereocenters. The molecule has 23 heavy (non-hydrogen) atoms. The van der Waals surface area contributed by atoms with Crippen LogP contribution in [0.3, 0.4) is 0 Å². The summed E-state index contributed by atoms with van der Waals surface area (Å²) in [4.78, 5) is 23.0. The molecule has 0 saturated heterocycles. The van der Waals surface area contributed by atoms with Gasteiger partial charge in [-0.05, 0) is 35.8 Å². The van der Waals surface area contributed by atoms with Crippen LogP contribution in [0.2, 0.25) is 0 Å². The van der Waals surface area contributed by atoms with E-state index in [9.17, 15) is 24.2 Å². The van der Waals surface area contributed by atoms with Crippen LogP contribution < -0.4 is 0 Å².